The number of rotatable bonds is 4. The Kier molecular flexibility index (Phi) is 5.65. The lowest BCUT2D eigenvalue weighted by molar-refractivity contribution is -0.128. The maximum absolute atomic E-state index is 11.2. The number of hydrogen-bond donors (Lipinski definition) is 2. The molecule has 1 unspecified atom stereocenters. The Morgan fingerprint density at radius 2 is 2.27 bits per heavy atom. The van der Waals surface area contributed by atoms with Gasteiger partial charge in [-0.15, -0.1) is 0 Å². The van der Waals surface area contributed by atoms with E-state index in [1.807, 2.05) is 4.90 Å². The number of carbonyl (C=O) groups is 1. The average Bonchev–Trinajstić information content (AvgIpc) is 2.44. The van der Waals surface area contributed by atoms with Crippen LogP contribution in [0.1, 0.15) is 32.6 Å². The second-order valence-electron chi connectivity index (χ2n) is 4.23. The van der Waals surface area contributed by atoms with E-state index >= 15 is 0 Å². The third kappa shape index (κ3) is 4.62. The van der Waals surface area contributed by atoms with Crippen LogP contribution in [-0.2, 0) is 4.79 Å². The molecule has 1 atom stereocenters. The monoisotopic (exact) mass is 213 g/mol. The van der Waals surface area contributed by atoms with Gasteiger partial charge < -0.3 is 16.0 Å². The van der Waals surface area contributed by atoms with Crippen LogP contribution in [-0.4, -0.2) is 43.0 Å². The fraction of sp³-hybridized carbons (Fsp3) is 0.909. The topological polar surface area (TPSA) is 58.4 Å². The van der Waals surface area contributed by atoms with Crippen molar-refractivity contribution >= 4 is 5.91 Å². The third-order valence-electron chi connectivity index (χ3n) is 2.99. The summed E-state index contributed by atoms with van der Waals surface area (Å²) < 4.78 is 0. The summed E-state index contributed by atoms with van der Waals surface area (Å²) in [6.45, 7) is 5.22. The minimum atomic E-state index is 0.206. The van der Waals surface area contributed by atoms with E-state index in [1.54, 1.807) is 6.92 Å². The molecule has 0 aromatic rings. The lowest BCUT2D eigenvalue weighted by Crippen LogP contribution is -2.33. The van der Waals surface area contributed by atoms with Crippen LogP contribution in [0.5, 0.6) is 0 Å². The van der Waals surface area contributed by atoms with E-state index in [-0.39, 0.29) is 5.91 Å². The standard InChI is InChI=1S/C11H23N3O/c1-10(15)14-8-2-4-11(5-9-14)13-7-3-6-12/h11,13H,2-9,12H2,1H3. The fourth-order valence-corrected chi connectivity index (χ4v) is 2.02. The van der Waals surface area contributed by atoms with Gasteiger partial charge in [-0.2, -0.15) is 0 Å². The van der Waals surface area contributed by atoms with Gasteiger partial charge >= 0.3 is 0 Å². The lowest BCUT2D eigenvalue weighted by atomic mass is 10.1. The zero-order chi connectivity index (χ0) is 11.1. The molecule has 1 amide bonds. The van der Waals surface area contributed by atoms with Crippen molar-refractivity contribution in [1.29, 1.82) is 0 Å². The number of amides is 1. The average molecular weight is 213 g/mol. The minimum Gasteiger partial charge on any atom is -0.343 e. The van der Waals surface area contributed by atoms with Crippen LogP contribution < -0.4 is 11.1 Å². The summed E-state index contributed by atoms with van der Waals surface area (Å²) in [5, 5.41) is 3.50. The van der Waals surface area contributed by atoms with Crippen LogP contribution >= 0.6 is 0 Å². The molecule has 1 rings (SSSR count). The molecule has 1 saturated heterocycles. The first kappa shape index (κ1) is 12.5. The zero-order valence-electron chi connectivity index (χ0n) is 9.67. The molecule has 0 radical (unpaired) electrons. The Balaban J connectivity index is 2.23. The predicted molar refractivity (Wildman–Crippen MR) is 61.6 cm³/mol. The van der Waals surface area contributed by atoms with Gasteiger partial charge in [0, 0.05) is 26.1 Å². The minimum absolute atomic E-state index is 0.206. The number of likely N-dealkylation sites (tertiary alicyclic amines) is 1. The second kappa shape index (κ2) is 6.80. The van der Waals surface area contributed by atoms with Crippen molar-refractivity contribution in [3.8, 4) is 0 Å². The molecule has 0 aromatic heterocycles. The summed E-state index contributed by atoms with van der Waals surface area (Å²) in [4.78, 5) is 13.2. The van der Waals surface area contributed by atoms with E-state index in [1.165, 1.54) is 6.42 Å². The van der Waals surface area contributed by atoms with Crippen molar-refractivity contribution in [2.75, 3.05) is 26.2 Å². The van der Waals surface area contributed by atoms with Crippen LogP contribution in [0.3, 0.4) is 0 Å². The quantitative estimate of drug-likeness (QED) is 0.662. The van der Waals surface area contributed by atoms with Crippen molar-refractivity contribution in [2.24, 2.45) is 5.73 Å². The van der Waals surface area contributed by atoms with Crippen LogP contribution in [0.4, 0.5) is 0 Å². The van der Waals surface area contributed by atoms with Crippen molar-refractivity contribution in [2.45, 2.75) is 38.6 Å². The molecule has 0 aliphatic carbocycles. The molecule has 1 fully saturated rings. The highest BCUT2D eigenvalue weighted by molar-refractivity contribution is 5.73. The van der Waals surface area contributed by atoms with E-state index < -0.39 is 0 Å². The van der Waals surface area contributed by atoms with Gasteiger partial charge in [0.1, 0.15) is 0 Å². The molecule has 1 aliphatic heterocycles. The van der Waals surface area contributed by atoms with Crippen molar-refractivity contribution in [3.63, 3.8) is 0 Å². The Labute approximate surface area is 92.2 Å². The van der Waals surface area contributed by atoms with Crippen molar-refractivity contribution < 1.29 is 4.79 Å². The van der Waals surface area contributed by atoms with Gasteiger partial charge in [-0.3, -0.25) is 4.79 Å². The first-order valence-corrected chi connectivity index (χ1v) is 5.93. The van der Waals surface area contributed by atoms with Crippen LogP contribution in [0.15, 0.2) is 0 Å². The third-order valence-corrected chi connectivity index (χ3v) is 2.99. The van der Waals surface area contributed by atoms with Crippen LogP contribution in [0.25, 0.3) is 0 Å². The highest BCUT2D eigenvalue weighted by atomic mass is 16.2. The summed E-state index contributed by atoms with van der Waals surface area (Å²) in [5.41, 5.74) is 5.44. The first-order valence-electron chi connectivity index (χ1n) is 5.93. The Hall–Kier alpha value is -0.610. The Morgan fingerprint density at radius 3 is 2.93 bits per heavy atom. The highest BCUT2D eigenvalue weighted by Crippen LogP contribution is 2.10. The fourth-order valence-electron chi connectivity index (χ4n) is 2.02. The molecule has 0 bridgehead atoms. The van der Waals surface area contributed by atoms with Crippen molar-refractivity contribution in [3.05, 3.63) is 0 Å². The first-order chi connectivity index (χ1) is 7.24. The summed E-state index contributed by atoms with van der Waals surface area (Å²) in [6.07, 6.45) is 4.39. The number of hydrogen-bond acceptors (Lipinski definition) is 3. The van der Waals surface area contributed by atoms with E-state index in [0.717, 1.165) is 45.4 Å². The normalized spacial score (nSPS) is 22.5. The molecule has 4 nitrogen and oxygen atoms in total. The maximum Gasteiger partial charge on any atom is 0.219 e. The molecular weight excluding hydrogens is 190 g/mol. The molecule has 88 valence electrons. The maximum atomic E-state index is 11.2. The van der Waals surface area contributed by atoms with Gasteiger partial charge in [-0.1, -0.05) is 0 Å². The molecule has 1 aliphatic rings. The van der Waals surface area contributed by atoms with Crippen molar-refractivity contribution in [1.82, 2.24) is 10.2 Å². The number of nitrogens with two attached hydrogens (primary N) is 1. The van der Waals surface area contributed by atoms with Gasteiger partial charge in [0.25, 0.3) is 0 Å². The largest absolute Gasteiger partial charge is 0.343 e. The van der Waals surface area contributed by atoms with E-state index in [2.05, 4.69) is 5.32 Å². The van der Waals surface area contributed by atoms with Crippen LogP contribution in [0.2, 0.25) is 0 Å². The van der Waals surface area contributed by atoms with Gasteiger partial charge in [-0.05, 0) is 38.8 Å². The lowest BCUT2D eigenvalue weighted by Gasteiger charge is -2.18. The number of nitrogens with one attached hydrogen (secondary N) is 1. The Bertz CT molecular complexity index is 196. The van der Waals surface area contributed by atoms with E-state index in [9.17, 15) is 4.79 Å². The predicted octanol–water partition coefficient (Wildman–Crippen LogP) is 0.326. The van der Waals surface area contributed by atoms with Gasteiger partial charge in [0.05, 0.1) is 0 Å². The molecule has 0 aromatic carbocycles. The zero-order valence-corrected chi connectivity index (χ0v) is 9.67. The number of carbonyl (C=O) groups excluding carboxylic acids is 1. The summed E-state index contributed by atoms with van der Waals surface area (Å²) >= 11 is 0. The molecule has 1 heterocycles. The Morgan fingerprint density at radius 1 is 1.47 bits per heavy atom. The molecule has 0 spiro atoms. The molecule has 0 saturated carbocycles. The summed E-state index contributed by atoms with van der Waals surface area (Å²) in [5.74, 6) is 0.206. The second-order valence-corrected chi connectivity index (χ2v) is 4.23. The van der Waals surface area contributed by atoms with Gasteiger partial charge in [0.15, 0.2) is 0 Å². The smallest absolute Gasteiger partial charge is 0.219 e. The van der Waals surface area contributed by atoms with E-state index in [0.29, 0.717) is 6.04 Å². The van der Waals surface area contributed by atoms with Gasteiger partial charge in [0.2, 0.25) is 5.91 Å². The van der Waals surface area contributed by atoms with E-state index in [4.69, 9.17) is 5.73 Å². The summed E-state index contributed by atoms with van der Waals surface area (Å²) in [7, 11) is 0. The SMILES string of the molecule is CC(=O)N1CCCC(NCCCN)CC1. The van der Waals surface area contributed by atoms with Crippen LogP contribution in [0, 0.1) is 0 Å². The highest BCUT2D eigenvalue weighted by Gasteiger charge is 2.17. The van der Waals surface area contributed by atoms with Gasteiger partial charge in [-0.25, -0.2) is 0 Å². The molecular formula is C11H23N3O. The molecule has 3 N–H and O–H groups in total. The summed E-state index contributed by atoms with van der Waals surface area (Å²) in [6, 6.07) is 0.570. The molecule has 4 heteroatoms. The molecule has 15 heavy (non-hydrogen) atoms. The number of nitrogens with zero attached hydrogens (tertiary/aromatic N) is 1.